The predicted octanol–water partition coefficient (Wildman–Crippen LogP) is 2.76. The van der Waals surface area contributed by atoms with E-state index >= 15 is 0 Å². The second kappa shape index (κ2) is 6.44. The van der Waals surface area contributed by atoms with Gasteiger partial charge in [-0.15, -0.1) is 0 Å². The van der Waals surface area contributed by atoms with Crippen LogP contribution in [-0.2, 0) is 0 Å². The average molecular weight is 329 g/mol. The number of nitrogens with one attached hydrogen (secondary N) is 1. The molecule has 3 N–H and O–H groups in total. The number of nitrogens with zero attached hydrogens (tertiary/aromatic N) is 2. The molecule has 0 unspecified atom stereocenters. The van der Waals surface area contributed by atoms with Gasteiger partial charge in [0.15, 0.2) is 5.13 Å². The van der Waals surface area contributed by atoms with Crippen LogP contribution in [0.25, 0.3) is 0 Å². The van der Waals surface area contributed by atoms with Gasteiger partial charge in [-0.3, -0.25) is 4.79 Å². The monoisotopic (exact) mass is 328 g/mol. The number of rotatable bonds is 4. The van der Waals surface area contributed by atoms with Gasteiger partial charge in [-0.1, -0.05) is 25.2 Å². The van der Waals surface area contributed by atoms with Crippen LogP contribution < -0.4 is 11.1 Å². The number of anilines is 2. The summed E-state index contributed by atoms with van der Waals surface area (Å²) in [6, 6.07) is 0. The molecule has 0 aliphatic carbocycles. The molecule has 1 aliphatic heterocycles. The first-order valence-electron chi connectivity index (χ1n) is 7.22. The minimum absolute atomic E-state index is 0.0102. The van der Waals surface area contributed by atoms with Gasteiger partial charge < -0.3 is 16.0 Å². The SMILES string of the molecule is CC(C)CNc1nc(N)c(C(=O)N2CCSC(C)(C)C2)s1. The van der Waals surface area contributed by atoms with Crippen LogP contribution in [0.3, 0.4) is 0 Å². The summed E-state index contributed by atoms with van der Waals surface area (Å²) < 4.78 is 0.103. The Morgan fingerprint density at radius 3 is 2.86 bits per heavy atom. The van der Waals surface area contributed by atoms with Gasteiger partial charge >= 0.3 is 0 Å². The molecule has 1 aliphatic rings. The van der Waals surface area contributed by atoms with Gasteiger partial charge in [0.2, 0.25) is 0 Å². The highest BCUT2D eigenvalue weighted by Crippen LogP contribution is 2.32. The number of hydrogen-bond acceptors (Lipinski definition) is 6. The zero-order valence-electron chi connectivity index (χ0n) is 13.1. The topological polar surface area (TPSA) is 71.2 Å². The Labute approximate surface area is 134 Å². The molecule has 5 nitrogen and oxygen atoms in total. The molecule has 1 aromatic heterocycles. The number of nitrogens with two attached hydrogens (primary N) is 1. The van der Waals surface area contributed by atoms with E-state index in [0.29, 0.717) is 16.6 Å². The van der Waals surface area contributed by atoms with Gasteiger partial charge in [-0.2, -0.15) is 11.8 Å². The van der Waals surface area contributed by atoms with Gasteiger partial charge in [0.1, 0.15) is 10.7 Å². The molecule has 1 fully saturated rings. The second-order valence-corrected chi connectivity index (χ2v) is 9.14. The smallest absolute Gasteiger partial charge is 0.267 e. The van der Waals surface area contributed by atoms with E-state index < -0.39 is 0 Å². The van der Waals surface area contributed by atoms with Gasteiger partial charge in [-0.25, -0.2) is 4.98 Å². The summed E-state index contributed by atoms with van der Waals surface area (Å²) in [5.74, 6) is 1.84. The zero-order chi connectivity index (χ0) is 15.6. The fraction of sp³-hybridized carbons (Fsp3) is 0.714. The van der Waals surface area contributed by atoms with E-state index in [4.69, 9.17) is 5.73 Å². The van der Waals surface area contributed by atoms with Crippen molar-refractivity contribution in [2.45, 2.75) is 32.4 Å². The van der Waals surface area contributed by atoms with Crippen LogP contribution in [0.1, 0.15) is 37.4 Å². The molecule has 0 radical (unpaired) electrons. The van der Waals surface area contributed by atoms with Crippen molar-refractivity contribution in [1.82, 2.24) is 9.88 Å². The largest absolute Gasteiger partial charge is 0.382 e. The molecule has 1 amide bonds. The van der Waals surface area contributed by atoms with Crippen LogP contribution in [0.2, 0.25) is 0 Å². The van der Waals surface area contributed by atoms with Crippen molar-refractivity contribution in [3.63, 3.8) is 0 Å². The summed E-state index contributed by atoms with van der Waals surface area (Å²) in [5.41, 5.74) is 5.93. The molecule has 21 heavy (non-hydrogen) atoms. The van der Waals surface area contributed by atoms with Crippen molar-refractivity contribution < 1.29 is 4.79 Å². The first-order chi connectivity index (χ1) is 9.78. The van der Waals surface area contributed by atoms with E-state index in [9.17, 15) is 4.79 Å². The van der Waals surface area contributed by atoms with Gasteiger partial charge in [0.25, 0.3) is 5.91 Å². The Kier molecular flexibility index (Phi) is 5.03. The number of aromatic nitrogens is 1. The summed E-state index contributed by atoms with van der Waals surface area (Å²) in [4.78, 5) is 19.4. The van der Waals surface area contributed by atoms with E-state index in [-0.39, 0.29) is 10.7 Å². The van der Waals surface area contributed by atoms with E-state index in [2.05, 4.69) is 38.0 Å². The van der Waals surface area contributed by atoms with Crippen LogP contribution >= 0.6 is 23.1 Å². The van der Waals surface area contributed by atoms with Crippen LogP contribution in [-0.4, -0.2) is 45.9 Å². The molecule has 2 rings (SSSR count). The highest BCUT2D eigenvalue weighted by Gasteiger charge is 2.32. The normalized spacial score (nSPS) is 18.0. The number of carbonyl (C=O) groups excluding carboxylic acids is 1. The second-order valence-electron chi connectivity index (χ2n) is 6.34. The summed E-state index contributed by atoms with van der Waals surface area (Å²) in [6.07, 6.45) is 0. The molecule has 0 spiro atoms. The quantitative estimate of drug-likeness (QED) is 0.889. The third-order valence-corrected chi connectivity index (χ3v) is 5.54. The Bertz CT molecular complexity index is 513. The molecule has 118 valence electrons. The number of carbonyl (C=O) groups is 1. The summed E-state index contributed by atoms with van der Waals surface area (Å²) in [7, 11) is 0. The Hall–Kier alpha value is -0.950. The summed E-state index contributed by atoms with van der Waals surface area (Å²) in [6.45, 7) is 11.0. The van der Waals surface area contributed by atoms with Gasteiger partial charge in [-0.05, 0) is 19.8 Å². The predicted molar refractivity (Wildman–Crippen MR) is 92.3 cm³/mol. The Balaban J connectivity index is 2.08. The molecule has 0 bridgehead atoms. The number of nitrogen functional groups attached to an aromatic ring is 1. The van der Waals surface area contributed by atoms with Crippen molar-refractivity contribution in [3.8, 4) is 0 Å². The highest BCUT2D eigenvalue weighted by molar-refractivity contribution is 8.00. The molecule has 2 heterocycles. The Morgan fingerprint density at radius 2 is 2.24 bits per heavy atom. The fourth-order valence-electron chi connectivity index (χ4n) is 2.19. The number of thioether (sulfide) groups is 1. The highest BCUT2D eigenvalue weighted by atomic mass is 32.2. The van der Waals surface area contributed by atoms with Crippen molar-refractivity contribution in [2.75, 3.05) is 36.4 Å². The van der Waals surface area contributed by atoms with Gasteiger partial charge in [0.05, 0.1) is 0 Å². The summed E-state index contributed by atoms with van der Waals surface area (Å²) in [5, 5.41) is 3.96. The molecule has 0 atom stereocenters. The molecule has 7 heteroatoms. The molecular formula is C14H24N4OS2. The maximum absolute atomic E-state index is 12.6. The molecule has 0 aromatic carbocycles. The third kappa shape index (κ3) is 4.26. The third-order valence-electron chi connectivity index (χ3n) is 3.22. The number of thiazole rings is 1. The van der Waals surface area contributed by atoms with E-state index in [0.717, 1.165) is 30.5 Å². The van der Waals surface area contributed by atoms with Crippen LogP contribution in [0.4, 0.5) is 10.9 Å². The van der Waals surface area contributed by atoms with Crippen molar-refractivity contribution in [2.24, 2.45) is 5.92 Å². The lowest BCUT2D eigenvalue weighted by atomic mass is 10.2. The van der Waals surface area contributed by atoms with Crippen molar-refractivity contribution in [3.05, 3.63) is 4.88 Å². The van der Waals surface area contributed by atoms with Crippen LogP contribution in [0.15, 0.2) is 0 Å². The minimum Gasteiger partial charge on any atom is -0.382 e. The maximum atomic E-state index is 12.6. The van der Waals surface area contributed by atoms with E-state index in [1.165, 1.54) is 11.3 Å². The van der Waals surface area contributed by atoms with E-state index in [1.807, 2.05) is 16.7 Å². The molecule has 1 aromatic rings. The lowest BCUT2D eigenvalue weighted by Gasteiger charge is -2.37. The molecule has 0 saturated carbocycles. The van der Waals surface area contributed by atoms with Gasteiger partial charge in [0, 0.05) is 30.1 Å². The Morgan fingerprint density at radius 1 is 1.52 bits per heavy atom. The summed E-state index contributed by atoms with van der Waals surface area (Å²) >= 11 is 3.27. The molecular weight excluding hydrogens is 304 g/mol. The van der Waals surface area contributed by atoms with Crippen LogP contribution in [0, 0.1) is 5.92 Å². The first-order valence-corrected chi connectivity index (χ1v) is 9.02. The minimum atomic E-state index is 0.0102. The van der Waals surface area contributed by atoms with Crippen molar-refractivity contribution in [1.29, 1.82) is 0 Å². The lowest BCUT2D eigenvalue weighted by molar-refractivity contribution is 0.0753. The van der Waals surface area contributed by atoms with Crippen molar-refractivity contribution >= 4 is 40.0 Å². The number of hydrogen-bond donors (Lipinski definition) is 2. The maximum Gasteiger partial charge on any atom is 0.267 e. The van der Waals surface area contributed by atoms with Crippen LogP contribution in [0.5, 0.6) is 0 Å². The van der Waals surface area contributed by atoms with E-state index in [1.54, 1.807) is 0 Å². The average Bonchev–Trinajstić information content (AvgIpc) is 2.75. The standard InChI is InChI=1S/C14H24N4OS2/c1-9(2)7-16-13-17-11(15)10(21-13)12(19)18-5-6-20-14(3,4)8-18/h9H,5-8,15H2,1-4H3,(H,16,17). The zero-order valence-corrected chi connectivity index (χ0v) is 14.7. The fourth-order valence-corrected chi connectivity index (χ4v) is 4.16. The molecule has 1 saturated heterocycles. The number of amides is 1. The lowest BCUT2D eigenvalue weighted by Crippen LogP contribution is -2.46. The first kappa shape index (κ1) is 16.4.